The molecule has 0 bridgehead atoms. The summed E-state index contributed by atoms with van der Waals surface area (Å²) in [5.74, 6) is -0.00810. The smallest absolute Gasteiger partial charge is 0.239 e. The number of hydrogen-bond acceptors (Lipinski definition) is 2. The molecule has 4 heteroatoms. The van der Waals surface area contributed by atoms with Gasteiger partial charge in [-0.2, -0.15) is 0 Å². The normalized spacial score (nSPS) is 20.4. The van der Waals surface area contributed by atoms with Crippen LogP contribution in [0.4, 0.5) is 5.69 Å². The number of sulfonamides is 1. The summed E-state index contributed by atoms with van der Waals surface area (Å²) < 4.78 is 29.2. The Kier molecular flexibility index (Phi) is 5.25. The molecule has 1 aliphatic heterocycles. The Bertz CT molecular complexity index is 1200. The van der Waals surface area contributed by atoms with Gasteiger partial charge >= 0.3 is 0 Å². The van der Waals surface area contributed by atoms with Crippen molar-refractivity contribution in [3.8, 4) is 0 Å². The molecule has 0 fully saturated rings. The molecule has 0 saturated heterocycles. The highest BCUT2D eigenvalue weighted by Crippen LogP contribution is 2.51. The highest BCUT2D eigenvalue weighted by Gasteiger charge is 2.49. The Hall–Kier alpha value is -2.59. The first kappa shape index (κ1) is 21.6. The van der Waals surface area contributed by atoms with Gasteiger partial charge in [0.05, 0.1) is 17.0 Å². The summed E-state index contributed by atoms with van der Waals surface area (Å²) in [4.78, 5) is 0. The van der Waals surface area contributed by atoms with Crippen LogP contribution in [0.1, 0.15) is 55.0 Å². The number of aryl methyl sites for hydroxylation is 2. The van der Waals surface area contributed by atoms with E-state index in [1.807, 2.05) is 56.3 Å². The van der Waals surface area contributed by atoms with Crippen molar-refractivity contribution in [3.05, 3.63) is 101 Å². The number of nitrogens with zero attached hydrogens (tertiary/aromatic N) is 1. The van der Waals surface area contributed by atoms with Crippen LogP contribution < -0.4 is 4.31 Å². The van der Waals surface area contributed by atoms with Crippen LogP contribution in [-0.4, -0.2) is 14.0 Å². The Labute approximate surface area is 186 Å². The van der Waals surface area contributed by atoms with E-state index < -0.39 is 15.6 Å². The van der Waals surface area contributed by atoms with E-state index in [1.54, 1.807) is 4.31 Å². The van der Waals surface area contributed by atoms with E-state index in [9.17, 15) is 8.42 Å². The van der Waals surface area contributed by atoms with Gasteiger partial charge in [0, 0.05) is 5.41 Å². The first-order valence-electron chi connectivity index (χ1n) is 10.8. The maximum absolute atomic E-state index is 13.7. The largest absolute Gasteiger partial charge is 0.264 e. The summed E-state index contributed by atoms with van der Waals surface area (Å²) >= 11 is 0. The van der Waals surface area contributed by atoms with Gasteiger partial charge in [-0.3, -0.25) is 4.31 Å². The minimum Gasteiger partial charge on any atom is -0.264 e. The quantitative estimate of drug-likeness (QED) is 0.496. The molecule has 31 heavy (non-hydrogen) atoms. The Balaban J connectivity index is 1.89. The summed E-state index contributed by atoms with van der Waals surface area (Å²) in [5, 5.41) is 0. The Morgan fingerprint density at radius 3 is 2.10 bits per heavy atom. The van der Waals surface area contributed by atoms with Gasteiger partial charge in [0.15, 0.2) is 0 Å². The molecule has 0 aromatic heterocycles. The SMILES string of the molecule is Cc1ccc(C2(C)CC(C)(C)N(S(=O)(=O)Cc3ccccc3)c3ccc(C)cc32)cc1. The average molecular weight is 434 g/mol. The van der Waals surface area contributed by atoms with Crippen molar-refractivity contribution in [1.29, 1.82) is 0 Å². The van der Waals surface area contributed by atoms with Crippen LogP contribution in [-0.2, 0) is 21.2 Å². The minimum absolute atomic E-state index is 0.00810. The predicted octanol–water partition coefficient (Wildman–Crippen LogP) is 6.13. The number of fused-ring (bicyclic) bond motifs is 1. The summed E-state index contributed by atoms with van der Waals surface area (Å²) in [5.41, 5.74) is 5.40. The van der Waals surface area contributed by atoms with Crippen LogP contribution in [0.2, 0.25) is 0 Å². The van der Waals surface area contributed by atoms with Gasteiger partial charge in [0.25, 0.3) is 0 Å². The lowest BCUT2D eigenvalue weighted by Gasteiger charge is -2.51. The Morgan fingerprint density at radius 2 is 1.45 bits per heavy atom. The lowest BCUT2D eigenvalue weighted by atomic mass is 9.66. The molecule has 4 rings (SSSR count). The number of anilines is 1. The molecule has 162 valence electrons. The van der Waals surface area contributed by atoms with Gasteiger partial charge in [-0.05, 0) is 56.9 Å². The van der Waals surface area contributed by atoms with E-state index >= 15 is 0 Å². The summed E-state index contributed by atoms with van der Waals surface area (Å²) in [6.45, 7) is 10.5. The molecule has 3 aromatic rings. The lowest BCUT2D eigenvalue weighted by molar-refractivity contribution is 0.351. The topological polar surface area (TPSA) is 37.4 Å². The highest BCUT2D eigenvalue weighted by atomic mass is 32.2. The second kappa shape index (κ2) is 7.52. The maximum Gasteiger partial charge on any atom is 0.239 e. The molecule has 0 saturated carbocycles. The van der Waals surface area contributed by atoms with Crippen molar-refractivity contribution in [1.82, 2.24) is 0 Å². The summed E-state index contributed by atoms with van der Waals surface area (Å²) in [6, 6.07) is 24.3. The second-order valence-electron chi connectivity index (χ2n) is 9.71. The minimum atomic E-state index is -3.58. The molecule has 1 aliphatic rings. The van der Waals surface area contributed by atoms with Crippen molar-refractivity contribution in [3.63, 3.8) is 0 Å². The highest BCUT2D eigenvalue weighted by molar-refractivity contribution is 7.92. The van der Waals surface area contributed by atoms with Crippen molar-refractivity contribution in [2.45, 2.75) is 57.7 Å². The monoisotopic (exact) mass is 433 g/mol. The Morgan fingerprint density at radius 1 is 0.839 bits per heavy atom. The first-order chi connectivity index (χ1) is 14.5. The van der Waals surface area contributed by atoms with E-state index in [0.29, 0.717) is 6.42 Å². The molecule has 0 N–H and O–H groups in total. The molecule has 3 nitrogen and oxygen atoms in total. The van der Waals surface area contributed by atoms with Gasteiger partial charge in [-0.1, -0.05) is 84.8 Å². The van der Waals surface area contributed by atoms with Gasteiger partial charge in [-0.25, -0.2) is 8.42 Å². The third-order valence-electron chi connectivity index (χ3n) is 6.46. The van der Waals surface area contributed by atoms with Crippen molar-refractivity contribution in [2.75, 3.05) is 4.31 Å². The zero-order valence-corrected chi connectivity index (χ0v) is 19.8. The van der Waals surface area contributed by atoms with Crippen molar-refractivity contribution >= 4 is 15.7 Å². The molecule has 0 spiro atoms. The maximum atomic E-state index is 13.7. The molecular weight excluding hydrogens is 402 g/mol. The molecule has 1 unspecified atom stereocenters. The zero-order chi connectivity index (χ0) is 22.4. The van der Waals surface area contributed by atoms with Gasteiger partial charge in [0.1, 0.15) is 0 Å². The predicted molar refractivity (Wildman–Crippen MR) is 129 cm³/mol. The first-order valence-corrected chi connectivity index (χ1v) is 12.4. The molecular formula is C27H31NO2S. The van der Waals surface area contributed by atoms with Crippen LogP contribution in [0, 0.1) is 13.8 Å². The van der Waals surface area contributed by atoms with Crippen LogP contribution in [0.25, 0.3) is 0 Å². The molecule has 3 aromatic carbocycles. The van der Waals surface area contributed by atoms with E-state index in [0.717, 1.165) is 22.4 Å². The van der Waals surface area contributed by atoms with Crippen molar-refractivity contribution in [2.24, 2.45) is 0 Å². The fourth-order valence-electron chi connectivity index (χ4n) is 5.18. The standard InChI is InChI=1S/C27H31NO2S/c1-20-11-14-23(15-12-20)27(5)19-26(3,4)28(25-16-13-21(2)17-24(25)27)31(29,30)18-22-9-7-6-8-10-22/h6-17H,18-19H2,1-5H3. The van der Waals surface area contributed by atoms with E-state index in [4.69, 9.17) is 0 Å². The number of benzene rings is 3. The molecule has 0 aliphatic carbocycles. The van der Waals surface area contributed by atoms with Crippen LogP contribution in [0.5, 0.6) is 0 Å². The van der Waals surface area contributed by atoms with Gasteiger partial charge in [-0.15, -0.1) is 0 Å². The average Bonchev–Trinajstić information content (AvgIpc) is 2.68. The number of hydrogen-bond donors (Lipinski definition) is 0. The summed E-state index contributed by atoms with van der Waals surface area (Å²) in [7, 11) is -3.58. The fraction of sp³-hybridized carbons (Fsp3) is 0.333. The van der Waals surface area contributed by atoms with Crippen LogP contribution >= 0.6 is 0 Å². The van der Waals surface area contributed by atoms with Crippen molar-refractivity contribution < 1.29 is 8.42 Å². The van der Waals surface area contributed by atoms with Gasteiger partial charge in [0.2, 0.25) is 10.0 Å². The molecule has 0 amide bonds. The summed E-state index contributed by atoms with van der Waals surface area (Å²) in [6.07, 6.45) is 0.702. The van der Waals surface area contributed by atoms with Crippen LogP contribution in [0.3, 0.4) is 0 Å². The van der Waals surface area contributed by atoms with Gasteiger partial charge < -0.3 is 0 Å². The molecule has 0 radical (unpaired) electrons. The number of rotatable bonds is 4. The van der Waals surface area contributed by atoms with E-state index in [1.165, 1.54) is 11.1 Å². The van der Waals surface area contributed by atoms with Crippen LogP contribution in [0.15, 0.2) is 72.8 Å². The third-order valence-corrected chi connectivity index (χ3v) is 8.41. The molecule has 1 heterocycles. The lowest BCUT2D eigenvalue weighted by Crippen LogP contribution is -2.56. The van der Waals surface area contributed by atoms with E-state index in [-0.39, 0.29) is 11.2 Å². The zero-order valence-electron chi connectivity index (χ0n) is 19.0. The third kappa shape index (κ3) is 3.89. The second-order valence-corrected chi connectivity index (χ2v) is 11.5. The fourth-order valence-corrected chi connectivity index (χ4v) is 7.20. The molecule has 1 atom stereocenters. The van der Waals surface area contributed by atoms with E-state index in [2.05, 4.69) is 51.1 Å².